The third-order valence-electron chi connectivity index (χ3n) is 1.14. The fourth-order valence-electron chi connectivity index (χ4n) is 0.591. The summed E-state index contributed by atoms with van der Waals surface area (Å²) < 4.78 is 7.29. The summed E-state index contributed by atoms with van der Waals surface area (Å²) in [6, 6.07) is 0. The molecule has 0 heterocycles. The maximum absolute atomic E-state index is 11.1. The summed E-state index contributed by atoms with van der Waals surface area (Å²) in [5, 5.41) is 0. The van der Waals surface area contributed by atoms with Gasteiger partial charge in [0.05, 0.1) is 1.59 Å². The Morgan fingerprint density at radius 3 is 2.23 bits per heavy atom. The molecule has 2 nitrogen and oxygen atoms in total. The predicted molar refractivity (Wildman–Crippen MR) is 79.5 cm³/mol. The fourth-order valence-corrected chi connectivity index (χ4v) is 1.06. The summed E-state index contributed by atoms with van der Waals surface area (Å²) >= 11 is 6.60. The highest BCUT2D eigenvalue weighted by Gasteiger charge is 2.07. The molecular weight excluding hydrogens is 509 g/mol. The second-order valence-corrected chi connectivity index (χ2v) is 8.45. The molecule has 0 aromatic heterocycles. The van der Waals surface area contributed by atoms with E-state index in [4.69, 9.17) is 4.74 Å². The maximum Gasteiger partial charge on any atom is 0.306 e. The highest BCUT2D eigenvalue weighted by Crippen LogP contribution is 2.25. The summed E-state index contributed by atoms with van der Waals surface area (Å²) in [5.74, 6) is 0.256. The van der Waals surface area contributed by atoms with E-state index >= 15 is 0 Å². The minimum absolute atomic E-state index is 0.113. The molecule has 0 radical (unpaired) electrons. The molecule has 0 amide bonds. The average molecular weight is 520 g/mol. The molecule has 0 saturated heterocycles. The second-order valence-electron chi connectivity index (χ2n) is 2.92. The van der Waals surface area contributed by atoms with Gasteiger partial charge in [0.1, 0.15) is 6.61 Å². The molecule has 0 rings (SSSR count). The summed E-state index contributed by atoms with van der Waals surface area (Å²) in [6.45, 7) is 4.42. The summed E-state index contributed by atoms with van der Waals surface area (Å²) in [5.41, 5.74) is 0. The van der Waals surface area contributed by atoms with E-state index in [2.05, 4.69) is 67.8 Å². The van der Waals surface area contributed by atoms with Crippen molar-refractivity contribution in [2.45, 2.75) is 20.3 Å². The first kappa shape index (κ1) is 14.4. The molecule has 0 aliphatic carbocycles. The van der Waals surface area contributed by atoms with Crippen LogP contribution in [0.25, 0.3) is 0 Å². The number of ether oxygens (including phenoxy) is 1. The smallest absolute Gasteiger partial charge is 0.306 e. The molecule has 0 bridgehead atoms. The van der Waals surface area contributed by atoms with E-state index < -0.39 is 0 Å². The van der Waals surface area contributed by atoms with Crippen molar-refractivity contribution in [3.05, 3.63) is 5.17 Å². The van der Waals surface area contributed by atoms with E-state index in [0.717, 1.165) is 5.17 Å². The van der Waals surface area contributed by atoms with E-state index in [1.165, 1.54) is 0 Å². The number of esters is 1. The van der Waals surface area contributed by atoms with E-state index in [0.29, 0.717) is 18.9 Å². The Balaban J connectivity index is 3.78. The molecule has 0 N–H and O–H groups in total. The van der Waals surface area contributed by atoms with Gasteiger partial charge in [0.2, 0.25) is 0 Å². The van der Waals surface area contributed by atoms with Crippen molar-refractivity contribution in [2.75, 3.05) is 6.61 Å². The van der Waals surface area contributed by atoms with Crippen molar-refractivity contribution in [1.82, 2.24) is 0 Å². The number of rotatable bonds is 4. The molecule has 5 heteroatoms. The summed E-state index contributed by atoms with van der Waals surface area (Å²) in [6.07, 6.45) is 0.502. The fraction of sp³-hybridized carbons (Fsp3) is 0.625. The van der Waals surface area contributed by atoms with Crippen molar-refractivity contribution >= 4 is 73.7 Å². The number of carbonyl (C=O) groups excluding carboxylic acids is 1. The van der Waals surface area contributed by atoms with Crippen LogP contribution in [0, 0.1) is 5.92 Å². The summed E-state index contributed by atoms with van der Waals surface area (Å²) in [4.78, 5) is 11.1. The van der Waals surface area contributed by atoms with Gasteiger partial charge in [0, 0.05) is 10.0 Å². The third-order valence-corrected chi connectivity index (χ3v) is 5.36. The van der Waals surface area contributed by atoms with Crippen molar-refractivity contribution in [1.29, 1.82) is 0 Å². The Morgan fingerprint density at radius 1 is 1.31 bits per heavy atom. The number of hydrogen-bond acceptors (Lipinski definition) is 2. The molecule has 0 atom stereocenters. The van der Waals surface area contributed by atoms with Crippen molar-refractivity contribution < 1.29 is 9.53 Å². The van der Waals surface area contributed by atoms with Crippen molar-refractivity contribution in [3.8, 4) is 0 Å². The lowest BCUT2D eigenvalue weighted by atomic mass is 10.1. The Morgan fingerprint density at radius 2 is 1.85 bits per heavy atom. The SMILES string of the molecule is CC(C)CC(=O)OCC(I)=C(I)I. The molecule has 0 fully saturated rings. The van der Waals surface area contributed by atoms with Crippen LogP contribution in [0.4, 0.5) is 0 Å². The number of carbonyl (C=O) groups is 1. The average Bonchev–Trinajstić information content (AvgIpc) is 1.98. The zero-order valence-electron chi connectivity index (χ0n) is 7.44. The Bertz CT molecular complexity index is 207. The first-order valence-electron chi connectivity index (χ1n) is 3.78. The Hall–Kier alpha value is 1.40. The van der Waals surface area contributed by atoms with Crippen LogP contribution in [0.15, 0.2) is 5.17 Å². The lowest BCUT2D eigenvalue weighted by Gasteiger charge is -2.05. The summed E-state index contributed by atoms with van der Waals surface area (Å²) in [7, 11) is 0. The molecule has 0 aliphatic heterocycles. The topological polar surface area (TPSA) is 26.3 Å². The second kappa shape index (κ2) is 7.66. The monoisotopic (exact) mass is 520 g/mol. The van der Waals surface area contributed by atoms with Gasteiger partial charge in [-0.1, -0.05) is 13.8 Å². The van der Waals surface area contributed by atoms with Crippen LogP contribution < -0.4 is 0 Å². The maximum atomic E-state index is 11.1. The Labute approximate surface area is 120 Å². The van der Waals surface area contributed by atoms with E-state index in [1.807, 2.05) is 13.8 Å². The van der Waals surface area contributed by atoms with Crippen molar-refractivity contribution in [2.24, 2.45) is 5.92 Å². The van der Waals surface area contributed by atoms with Gasteiger partial charge in [-0.25, -0.2) is 0 Å². The van der Waals surface area contributed by atoms with E-state index in [-0.39, 0.29) is 5.97 Å². The van der Waals surface area contributed by atoms with Crippen molar-refractivity contribution in [3.63, 3.8) is 0 Å². The first-order chi connectivity index (χ1) is 5.93. The molecule has 0 aliphatic rings. The van der Waals surface area contributed by atoms with Gasteiger partial charge < -0.3 is 4.74 Å². The van der Waals surface area contributed by atoms with Gasteiger partial charge in [-0.2, -0.15) is 0 Å². The number of hydrogen-bond donors (Lipinski definition) is 0. The predicted octanol–water partition coefficient (Wildman–Crippen LogP) is 4.05. The lowest BCUT2D eigenvalue weighted by Crippen LogP contribution is -2.08. The van der Waals surface area contributed by atoms with Crippen LogP contribution in [0.2, 0.25) is 0 Å². The Kier molecular flexibility index (Phi) is 8.49. The van der Waals surface area contributed by atoms with E-state index in [1.54, 1.807) is 0 Å². The first-order valence-corrected chi connectivity index (χ1v) is 7.02. The molecule has 0 aromatic carbocycles. The van der Waals surface area contributed by atoms with Crippen LogP contribution >= 0.6 is 67.8 Å². The van der Waals surface area contributed by atoms with Gasteiger partial charge in [-0.3, -0.25) is 4.79 Å². The van der Waals surface area contributed by atoms with Crippen LogP contribution in [0.3, 0.4) is 0 Å². The zero-order chi connectivity index (χ0) is 10.4. The van der Waals surface area contributed by atoms with Crippen LogP contribution in [0.5, 0.6) is 0 Å². The number of halogens is 3. The van der Waals surface area contributed by atoms with Gasteiger partial charge in [0.15, 0.2) is 0 Å². The molecule has 0 unspecified atom stereocenters. The largest absolute Gasteiger partial charge is 0.460 e. The van der Waals surface area contributed by atoms with Crippen LogP contribution in [-0.4, -0.2) is 12.6 Å². The lowest BCUT2D eigenvalue weighted by molar-refractivity contribution is -0.143. The molecule has 76 valence electrons. The van der Waals surface area contributed by atoms with Gasteiger partial charge >= 0.3 is 5.97 Å². The normalized spacial score (nSPS) is 10.0. The minimum Gasteiger partial charge on any atom is -0.460 e. The molecule has 0 spiro atoms. The van der Waals surface area contributed by atoms with Crippen LogP contribution in [-0.2, 0) is 9.53 Å². The van der Waals surface area contributed by atoms with Gasteiger partial charge in [-0.05, 0) is 73.7 Å². The highest BCUT2D eigenvalue weighted by atomic mass is 127. The molecule has 13 heavy (non-hydrogen) atoms. The molecule has 0 aromatic rings. The highest BCUT2D eigenvalue weighted by molar-refractivity contribution is 14.2. The quantitative estimate of drug-likeness (QED) is 0.414. The molecule has 0 saturated carbocycles. The molecular formula is C8H11I3O2. The van der Waals surface area contributed by atoms with Gasteiger partial charge in [0.25, 0.3) is 0 Å². The third kappa shape index (κ3) is 8.40. The zero-order valence-corrected chi connectivity index (χ0v) is 13.9. The van der Waals surface area contributed by atoms with Gasteiger partial charge in [-0.15, -0.1) is 0 Å². The van der Waals surface area contributed by atoms with Crippen LogP contribution in [0.1, 0.15) is 20.3 Å². The standard InChI is InChI=1S/C8H11I3O2/c1-5(2)3-7(12)13-4-6(9)8(10)11/h5H,3-4H2,1-2H3. The van der Waals surface area contributed by atoms with E-state index in [9.17, 15) is 4.79 Å². The minimum atomic E-state index is -0.113.